The van der Waals surface area contributed by atoms with Crippen LogP contribution in [-0.2, 0) is 11.3 Å². The maximum absolute atomic E-state index is 11.4. The Morgan fingerprint density at radius 2 is 2.10 bits per heavy atom. The summed E-state index contributed by atoms with van der Waals surface area (Å²) < 4.78 is 11.1. The highest BCUT2D eigenvalue weighted by Gasteiger charge is 2.22. The zero-order valence-corrected chi connectivity index (χ0v) is 11.6. The van der Waals surface area contributed by atoms with Gasteiger partial charge >= 0.3 is 0 Å². The normalized spacial score (nSPS) is 19.5. The van der Waals surface area contributed by atoms with Crippen LogP contribution in [-0.4, -0.2) is 29.7 Å². The number of morpholine rings is 1. The van der Waals surface area contributed by atoms with Gasteiger partial charge in [0.25, 0.3) is 0 Å². The molecule has 2 heterocycles. The first-order chi connectivity index (χ1) is 10.2. The molecule has 3 rings (SSSR count). The Labute approximate surface area is 122 Å². The first-order valence-corrected chi connectivity index (χ1v) is 6.92. The van der Waals surface area contributed by atoms with E-state index in [9.17, 15) is 9.90 Å². The predicted molar refractivity (Wildman–Crippen MR) is 77.1 cm³/mol. The van der Waals surface area contributed by atoms with Crippen molar-refractivity contribution in [2.75, 3.05) is 19.7 Å². The first-order valence-electron chi connectivity index (χ1n) is 6.92. The minimum atomic E-state index is -0.413. The van der Waals surface area contributed by atoms with Crippen LogP contribution in [0.15, 0.2) is 51.9 Å². The Hall–Kier alpha value is -2.11. The summed E-state index contributed by atoms with van der Waals surface area (Å²) in [6, 6.07) is 11.4. The van der Waals surface area contributed by atoms with Crippen LogP contribution in [0, 0.1) is 0 Å². The summed E-state index contributed by atoms with van der Waals surface area (Å²) in [7, 11) is 0. The minimum absolute atomic E-state index is 0.0313. The molecule has 0 unspecified atom stereocenters. The molecule has 0 spiro atoms. The van der Waals surface area contributed by atoms with E-state index in [4.69, 9.17) is 9.15 Å². The highest BCUT2D eigenvalue weighted by molar-refractivity contribution is 5.19. The number of benzene rings is 1. The van der Waals surface area contributed by atoms with E-state index in [-0.39, 0.29) is 11.9 Å². The molecule has 1 aliphatic rings. The molecule has 0 radical (unpaired) electrons. The van der Waals surface area contributed by atoms with Crippen LogP contribution in [0.25, 0.3) is 0 Å². The van der Waals surface area contributed by atoms with Crippen LogP contribution in [0.3, 0.4) is 0 Å². The number of nitrogens with zero attached hydrogens (tertiary/aromatic N) is 1. The molecule has 1 fully saturated rings. The summed E-state index contributed by atoms with van der Waals surface area (Å²) in [6.07, 6.45) is 1.12. The molecule has 110 valence electrons. The van der Waals surface area contributed by atoms with Gasteiger partial charge in [0.1, 0.15) is 12.0 Å². The van der Waals surface area contributed by atoms with Gasteiger partial charge in [-0.15, -0.1) is 0 Å². The van der Waals surface area contributed by atoms with E-state index in [1.807, 2.05) is 18.2 Å². The first kappa shape index (κ1) is 13.9. The van der Waals surface area contributed by atoms with Crippen molar-refractivity contribution in [1.29, 1.82) is 0 Å². The molecule has 5 nitrogen and oxygen atoms in total. The summed E-state index contributed by atoms with van der Waals surface area (Å²) in [5.74, 6) is 0.189. The highest BCUT2D eigenvalue weighted by atomic mass is 16.5. The second-order valence-electron chi connectivity index (χ2n) is 5.10. The summed E-state index contributed by atoms with van der Waals surface area (Å²) in [6.45, 7) is 2.70. The van der Waals surface area contributed by atoms with Crippen LogP contribution in [0.4, 0.5) is 0 Å². The molecular weight excluding hydrogens is 270 g/mol. The fraction of sp³-hybridized carbons (Fsp3) is 0.312. The zero-order chi connectivity index (χ0) is 14.7. The van der Waals surface area contributed by atoms with E-state index in [1.54, 1.807) is 0 Å². The second kappa shape index (κ2) is 6.11. The standard InChI is InChI=1S/C16H17NO4/c18-14-8-13(21-11-15(14)19)9-17-6-7-20-16(10-17)12-4-2-1-3-5-12/h1-5,8,11,16,19H,6-7,9-10H2/t16-/m1/s1. The van der Waals surface area contributed by atoms with Crippen LogP contribution < -0.4 is 5.43 Å². The third-order valence-electron chi connectivity index (χ3n) is 3.57. The van der Waals surface area contributed by atoms with Crippen molar-refractivity contribution in [3.05, 3.63) is 64.2 Å². The molecule has 0 saturated carbocycles. The van der Waals surface area contributed by atoms with Gasteiger partial charge in [-0.3, -0.25) is 9.69 Å². The Morgan fingerprint density at radius 1 is 1.29 bits per heavy atom. The minimum Gasteiger partial charge on any atom is -0.502 e. The number of ether oxygens (including phenoxy) is 1. The van der Waals surface area contributed by atoms with Crippen molar-refractivity contribution < 1.29 is 14.3 Å². The average molecular weight is 287 g/mol. The summed E-state index contributed by atoms with van der Waals surface area (Å²) >= 11 is 0. The SMILES string of the molecule is O=c1cc(CN2CCO[C@@H](c3ccccc3)C2)occ1O. The van der Waals surface area contributed by atoms with E-state index < -0.39 is 5.43 Å². The van der Waals surface area contributed by atoms with Crippen LogP contribution in [0.2, 0.25) is 0 Å². The third kappa shape index (κ3) is 3.32. The quantitative estimate of drug-likeness (QED) is 0.934. The Balaban J connectivity index is 1.69. The van der Waals surface area contributed by atoms with Gasteiger partial charge in [0.05, 0.1) is 19.3 Å². The molecule has 0 bridgehead atoms. The lowest BCUT2D eigenvalue weighted by atomic mass is 10.1. The van der Waals surface area contributed by atoms with Gasteiger partial charge in [0.15, 0.2) is 5.75 Å². The topological polar surface area (TPSA) is 62.9 Å². The molecule has 1 aliphatic heterocycles. The van der Waals surface area contributed by atoms with Gasteiger partial charge in [-0.05, 0) is 5.56 Å². The van der Waals surface area contributed by atoms with Gasteiger partial charge in [-0.2, -0.15) is 0 Å². The Kier molecular flexibility index (Phi) is 4.03. The molecule has 2 aromatic rings. The second-order valence-corrected chi connectivity index (χ2v) is 5.10. The van der Waals surface area contributed by atoms with Crippen LogP contribution in [0.1, 0.15) is 17.4 Å². The van der Waals surface area contributed by atoms with Gasteiger partial charge in [0.2, 0.25) is 5.43 Å². The van der Waals surface area contributed by atoms with Crippen LogP contribution in [0.5, 0.6) is 5.75 Å². The van der Waals surface area contributed by atoms with E-state index in [0.29, 0.717) is 18.9 Å². The molecule has 1 aromatic heterocycles. The lowest BCUT2D eigenvalue weighted by Gasteiger charge is -2.32. The molecule has 5 heteroatoms. The van der Waals surface area contributed by atoms with Gasteiger partial charge in [0, 0.05) is 19.2 Å². The maximum atomic E-state index is 11.4. The van der Waals surface area contributed by atoms with Gasteiger partial charge in [-0.25, -0.2) is 0 Å². The lowest BCUT2D eigenvalue weighted by Crippen LogP contribution is -2.37. The van der Waals surface area contributed by atoms with E-state index >= 15 is 0 Å². The smallest absolute Gasteiger partial charge is 0.226 e. The fourth-order valence-corrected chi connectivity index (χ4v) is 2.46. The molecule has 1 atom stereocenters. The largest absolute Gasteiger partial charge is 0.502 e. The molecule has 1 aromatic carbocycles. The Morgan fingerprint density at radius 3 is 2.86 bits per heavy atom. The number of aromatic hydroxyl groups is 1. The van der Waals surface area contributed by atoms with E-state index in [0.717, 1.165) is 24.9 Å². The molecule has 0 aliphatic carbocycles. The van der Waals surface area contributed by atoms with Crippen molar-refractivity contribution in [3.8, 4) is 5.75 Å². The van der Waals surface area contributed by atoms with Crippen molar-refractivity contribution in [2.45, 2.75) is 12.6 Å². The summed E-state index contributed by atoms with van der Waals surface area (Å²) in [5, 5.41) is 9.20. The third-order valence-corrected chi connectivity index (χ3v) is 3.57. The van der Waals surface area contributed by atoms with Gasteiger partial charge < -0.3 is 14.3 Å². The highest BCUT2D eigenvalue weighted by Crippen LogP contribution is 2.22. The summed E-state index contributed by atoms with van der Waals surface area (Å²) in [5.41, 5.74) is 0.735. The maximum Gasteiger partial charge on any atom is 0.226 e. The lowest BCUT2D eigenvalue weighted by molar-refractivity contribution is -0.0348. The van der Waals surface area contributed by atoms with E-state index in [2.05, 4.69) is 17.0 Å². The molecular formula is C16H17NO4. The van der Waals surface area contributed by atoms with Crippen molar-refractivity contribution >= 4 is 0 Å². The molecule has 1 N–H and O–H groups in total. The molecule has 0 amide bonds. The van der Waals surface area contributed by atoms with Gasteiger partial charge in [-0.1, -0.05) is 30.3 Å². The zero-order valence-electron chi connectivity index (χ0n) is 11.6. The monoisotopic (exact) mass is 287 g/mol. The van der Waals surface area contributed by atoms with Crippen LogP contribution >= 0.6 is 0 Å². The summed E-state index contributed by atoms with van der Waals surface area (Å²) in [4.78, 5) is 13.6. The average Bonchev–Trinajstić information content (AvgIpc) is 2.52. The molecule has 1 saturated heterocycles. The fourth-order valence-electron chi connectivity index (χ4n) is 2.46. The number of rotatable bonds is 3. The van der Waals surface area contributed by atoms with Crippen molar-refractivity contribution in [1.82, 2.24) is 4.90 Å². The number of hydrogen-bond donors (Lipinski definition) is 1. The van der Waals surface area contributed by atoms with E-state index in [1.165, 1.54) is 6.07 Å². The van der Waals surface area contributed by atoms with Crippen molar-refractivity contribution in [3.63, 3.8) is 0 Å². The van der Waals surface area contributed by atoms with Crippen molar-refractivity contribution in [2.24, 2.45) is 0 Å². The number of hydrogen-bond acceptors (Lipinski definition) is 5. The molecule has 21 heavy (non-hydrogen) atoms. The Bertz CT molecular complexity index is 653. The predicted octanol–water partition coefficient (Wildman–Crippen LogP) is 1.92.